The van der Waals surface area contributed by atoms with Gasteiger partial charge in [-0.3, -0.25) is 4.79 Å². The average Bonchev–Trinajstić information content (AvgIpc) is 2.52. The fourth-order valence-corrected chi connectivity index (χ4v) is 1.86. The quantitative estimate of drug-likeness (QED) is 0.153. The summed E-state index contributed by atoms with van der Waals surface area (Å²) < 4.78 is 67.2. The summed E-state index contributed by atoms with van der Waals surface area (Å²) in [6.45, 7) is 0. The second-order valence-electron chi connectivity index (χ2n) is 4.00. The monoisotopic (exact) mass is 313 g/mol. The van der Waals surface area contributed by atoms with Crippen LogP contribution in [-0.4, -0.2) is 6.29 Å². The van der Waals surface area contributed by atoms with Gasteiger partial charge in [0.15, 0.2) is 29.6 Å². The van der Waals surface area contributed by atoms with Gasteiger partial charge in [-0.25, -0.2) is 22.0 Å². The third kappa shape index (κ3) is 2.27. The molecule has 0 aromatic heterocycles. The molecule has 0 heterocycles. The summed E-state index contributed by atoms with van der Waals surface area (Å²) in [5, 5.41) is 3.10. The first-order chi connectivity index (χ1) is 10.4. The maximum atomic E-state index is 13.8. The van der Waals surface area contributed by atoms with Crippen LogP contribution in [0.1, 0.15) is 10.4 Å². The molecule has 0 aliphatic heterocycles. The Labute approximate surface area is 119 Å². The number of carbonyl (C=O) groups is 1. The van der Waals surface area contributed by atoms with Gasteiger partial charge in [0, 0.05) is 10.5 Å². The fraction of sp³-hybridized carbons (Fsp3) is 0. The summed E-state index contributed by atoms with van der Waals surface area (Å²) in [4.78, 5) is 13.2. The van der Waals surface area contributed by atoms with E-state index in [0.29, 0.717) is 0 Å². The Balaban J connectivity index is 2.95. The molecule has 112 valence electrons. The molecule has 2 rings (SSSR count). The highest BCUT2D eigenvalue weighted by molar-refractivity contribution is 5.91. The van der Waals surface area contributed by atoms with Crippen molar-refractivity contribution in [2.45, 2.75) is 0 Å². The van der Waals surface area contributed by atoms with Crippen LogP contribution in [0.2, 0.25) is 0 Å². The number of hydrogen-bond acceptors (Lipinski definition) is 2. The molecule has 2 aromatic rings. The van der Waals surface area contributed by atoms with Gasteiger partial charge in [-0.1, -0.05) is 23.3 Å². The van der Waals surface area contributed by atoms with Crippen molar-refractivity contribution in [3.05, 3.63) is 63.3 Å². The molecule has 0 saturated carbocycles. The van der Waals surface area contributed by atoms with Crippen LogP contribution in [0.15, 0.2) is 23.3 Å². The summed E-state index contributed by atoms with van der Waals surface area (Å²) >= 11 is 0. The molecule has 0 saturated heterocycles. The van der Waals surface area contributed by atoms with Gasteiger partial charge in [0.25, 0.3) is 0 Å². The van der Waals surface area contributed by atoms with Gasteiger partial charge >= 0.3 is 0 Å². The molecule has 9 heteroatoms. The smallest absolute Gasteiger partial charge is 0.200 e. The molecular weight excluding hydrogens is 309 g/mol. The highest BCUT2D eigenvalue weighted by Crippen LogP contribution is 2.38. The predicted octanol–water partition coefficient (Wildman–Crippen LogP) is 4.80. The Kier molecular flexibility index (Phi) is 4.09. The third-order valence-electron chi connectivity index (χ3n) is 2.82. The summed E-state index contributed by atoms with van der Waals surface area (Å²) in [5.41, 5.74) is 5.78. The average molecular weight is 313 g/mol. The van der Waals surface area contributed by atoms with Crippen molar-refractivity contribution in [2.24, 2.45) is 5.11 Å². The first-order valence-electron chi connectivity index (χ1n) is 5.59. The second-order valence-corrected chi connectivity index (χ2v) is 4.00. The zero-order chi connectivity index (χ0) is 16.4. The summed E-state index contributed by atoms with van der Waals surface area (Å²) in [6.07, 6.45) is 0.222. The molecule has 0 aliphatic carbocycles. The number of aldehydes is 1. The van der Waals surface area contributed by atoms with Gasteiger partial charge in [0.1, 0.15) is 0 Å². The van der Waals surface area contributed by atoms with Gasteiger partial charge in [0.2, 0.25) is 5.82 Å². The zero-order valence-corrected chi connectivity index (χ0v) is 10.4. The molecule has 0 atom stereocenters. The first-order valence-corrected chi connectivity index (χ1v) is 5.59. The Hall–Kier alpha value is -2.93. The van der Waals surface area contributed by atoms with E-state index in [-0.39, 0.29) is 11.8 Å². The summed E-state index contributed by atoms with van der Waals surface area (Å²) in [5.74, 6) is -10.8. The van der Waals surface area contributed by atoms with Crippen molar-refractivity contribution in [2.75, 3.05) is 0 Å². The largest absolute Gasteiger partial charge is 0.298 e. The van der Waals surface area contributed by atoms with E-state index in [1.54, 1.807) is 0 Å². The Bertz CT molecular complexity index is 802. The van der Waals surface area contributed by atoms with E-state index >= 15 is 0 Å². The van der Waals surface area contributed by atoms with Crippen molar-refractivity contribution < 1.29 is 26.7 Å². The third-order valence-corrected chi connectivity index (χ3v) is 2.82. The molecule has 0 fully saturated rings. The molecule has 0 radical (unpaired) electrons. The molecule has 0 bridgehead atoms. The lowest BCUT2D eigenvalue weighted by atomic mass is 9.99. The van der Waals surface area contributed by atoms with Gasteiger partial charge in [-0.15, -0.1) is 0 Å². The normalized spacial score (nSPS) is 10.2. The number of halogens is 5. The molecule has 0 aliphatic rings. The van der Waals surface area contributed by atoms with E-state index in [1.165, 1.54) is 0 Å². The van der Waals surface area contributed by atoms with E-state index in [2.05, 4.69) is 10.0 Å². The van der Waals surface area contributed by atoms with Crippen LogP contribution in [-0.2, 0) is 0 Å². The van der Waals surface area contributed by atoms with E-state index < -0.39 is 45.9 Å². The molecule has 0 unspecified atom stereocenters. The Morgan fingerprint density at radius 2 is 1.50 bits per heavy atom. The summed E-state index contributed by atoms with van der Waals surface area (Å²) in [6, 6.07) is 3.27. The Morgan fingerprint density at radius 1 is 0.955 bits per heavy atom. The van der Waals surface area contributed by atoms with Gasteiger partial charge in [-0.05, 0) is 11.1 Å². The maximum Gasteiger partial charge on any atom is 0.200 e. The van der Waals surface area contributed by atoms with Crippen molar-refractivity contribution in [3.8, 4) is 11.1 Å². The summed E-state index contributed by atoms with van der Waals surface area (Å²) in [7, 11) is 0. The first kappa shape index (κ1) is 15.5. The lowest BCUT2D eigenvalue weighted by Crippen LogP contribution is -2.04. The lowest BCUT2D eigenvalue weighted by molar-refractivity contribution is 0.112. The number of nitrogens with zero attached hydrogens (tertiary/aromatic N) is 3. The number of rotatable bonds is 3. The van der Waals surface area contributed by atoms with Crippen LogP contribution >= 0.6 is 0 Å². The SMILES string of the molecule is [N-]=[N+]=Nc1c(C=O)cccc1-c1c(F)c(F)c(F)c(F)c1F. The minimum atomic E-state index is -2.31. The van der Waals surface area contributed by atoms with Gasteiger partial charge in [0.05, 0.1) is 11.3 Å². The van der Waals surface area contributed by atoms with Gasteiger partial charge < -0.3 is 0 Å². The number of benzene rings is 2. The molecule has 2 aromatic carbocycles. The van der Waals surface area contributed by atoms with Crippen LogP contribution in [0.25, 0.3) is 21.6 Å². The second kappa shape index (κ2) is 5.82. The van der Waals surface area contributed by atoms with Crippen molar-refractivity contribution in [1.82, 2.24) is 0 Å². The number of azide groups is 1. The minimum Gasteiger partial charge on any atom is -0.298 e. The van der Waals surface area contributed by atoms with E-state index in [4.69, 9.17) is 5.53 Å². The Morgan fingerprint density at radius 3 is 2.00 bits per heavy atom. The maximum absolute atomic E-state index is 13.8. The molecule has 0 amide bonds. The molecule has 0 N–H and O–H groups in total. The highest BCUT2D eigenvalue weighted by atomic mass is 19.2. The van der Waals surface area contributed by atoms with E-state index in [1.807, 2.05) is 0 Å². The molecule has 0 spiro atoms. The standard InChI is InChI=1S/C13H4F5N3O/c14-8-7(9(15)11(17)12(18)10(8)16)6-3-1-2-5(4-22)13(6)20-21-19/h1-4H. The lowest BCUT2D eigenvalue weighted by Gasteiger charge is -2.11. The number of carbonyl (C=O) groups excluding carboxylic acids is 1. The van der Waals surface area contributed by atoms with Crippen LogP contribution in [0.3, 0.4) is 0 Å². The molecular formula is C13H4F5N3O. The van der Waals surface area contributed by atoms with Crippen molar-refractivity contribution >= 4 is 12.0 Å². The zero-order valence-electron chi connectivity index (χ0n) is 10.4. The fourth-order valence-electron chi connectivity index (χ4n) is 1.86. The minimum absolute atomic E-state index is 0.222. The highest BCUT2D eigenvalue weighted by Gasteiger charge is 2.28. The van der Waals surface area contributed by atoms with E-state index in [0.717, 1.165) is 18.2 Å². The van der Waals surface area contributed by atoms with Crippen LogP contribution in [0.4, 0.5) is 27.6 Å². The van der Waals surface area contributed by atoms with Gasteiger partial charge in [-0.2, -0.15) is 0 Å². The predicted molar refractivity (Wildman–Crippen MR) is 65.9 cm³/mol. The number of hydrogen-bond donors (Lipinski definition) is 0. The topological polar surface area (TPSA) is 65.8 Å². The molecule has 4 nitrogen and oxygen atoms in total. The van der Waals surface area contributed by atoms with Crippen LogP contribution < -0.4 is 0 Å². The van der Waals surface area contributed by atoms with Crippen molar-refractivity contribution in [1.29, 1.82) is 0 Å². The van der Waals surface area contributed by atoms with E-state index in [9.17, 15) is 26.7 Å². The van der Waals surface area contributed by atoms with Crippen LogP contribution in [0, 0.1) is 29.1 Å². The molecule has 22 heavy (non-hydrogen) atoms. The van der Waals surface area contributed by atoms with Crippen LogP contribution in [0.5, 0.6) is 0 Å². The van der Waals surface area contributed by atoms with Crippen molar-refractivity contribution in [3.63, 3.8) is 0 Å².